The van der Waals surface area contributed by atoms with E-state index in [-0.39, 0.29) is 41.2 Å². The number of rotatable bonds is 14. The summed E-state index contributed by atoms with van der Waals surface area (Å²) in [7, 11) is -1.65. The summed E-state index contributed by atoms with van der Waals surface area (Å²) < 4.78 is 54.3. The number of benzene rings is 4. The second kappa shape index (κ2) is 16.2. The number of anilines is 1. The highest BCUT2D eigenvalue weighted by molar-refractivity contribution is 7.92. The molecule has 4 aromatic rings. The van der Waals surface area contributed by atoms with Gasteiger partial charge < -0.3 is 19.7 Å². The fraction of sp³-hybridized carbons (Fsp3) is 0.297. The minimum absolute atomic E-state index is 0.0239. The van der Waals surface area contributed by atoms with Crippen molar-refractivity contribution in [1.82, 2.24) is 10.2 Å². The van der Waals surface area contributed by atoms with Gasteiger partial charge in [0.25, 0.3) is 10.0 Å². The van der Waals surface area contributed by atoms with Gasteiger partial charge in [-0.3, -0.25) is 13.9 Å². The van der Waals surface area contributed by atoms with Crippen molar-refractivity contribution in [2.45, 2.75) is 55.6 Å². The molecule has 0 radical (unpaired) electrons. The third-order valence-corrected chi connectivity index (χ3v) is 10.7. The molecular weight excluding hydrogens is 669 g/mol. The highest BCUT2D eigenvalue weighted by Gasteiger charge is 2.36. The van der Waals surface area contributed by atoms with Crippen LogP contribution in [0, 0.1) is 5.82 Å². The van der Waals surface area contributed by atoms with Crippen LogP contribution in [0.4, 0.5) is 10.1 Å². The molecule has 0 bridgehead atoms. The van der Waals surface area contributed by atoms with E-state index in [0.717, 1.165) is 47.7 Å². The van der Waals surface area contributed by atoms with E-state index in [1.807, 2.05) is 30.3 Å². The summed E-state index contributed by atoms with van der Waals surface area (Å²) in [5.74, 6) is -1.09. The van der Waals surface area contributed by atoms with Gasteiger partial charge in [-0.25, -0.2) is 12.8 Å². The molecule has 5 rings (SSSR count). The van der Waals surface area contributed by atoms with Crippen molar-refractivity contribution in [2.24, 2.45) is 0 Å². The first-order chi connectivity index (χ1) is 23.6. The Morgan fingerprint density at radius 3 is 2.20 bits per heavy atom. The fourth-order valence-electron chi connectivity index (χ4n) is 5.97. The van der Waals surface area contributed by atoms with Crippen molar-refractivity contribution in [3.63, 3.8) is 0 Å². The second-order valence-corrected chi connectivity index (χ2v) is 14.1. The first-order valence-electron chi connectivity index (χ1n) is 16.0. The Morgan fingerprint density at radius 1 is 0.898 bits per heavy atom. The average molecular weight is 708 g/mol. The molecule has 1 atom stereocenters. The first-order valence-corrected chi connectivity index (χ1v) is 17.8. The zero-order chi connectivity index (χ0) is 35.0. The van der Waals surface area contributed by atoms with Crippen LogP contribution in [-0.4, -0.2) is 58.0 Å². The molecule has 12 heteroatoms. The van der Waals surface area contributed by atoms with Gasteiger partial charge in [0.1, 0.15) is 18.4 Å². The summed E-state index contributed by atoms with van der Waals surface area (Å²) in [4.78, 5) is 30.0. The molecule has 9 nitrogen and oxygen atoms in total. The normalized spacial score (nSPS) is 13.8. The Hall–Kier alpha value is -4.61. The molecule has 1 fully saturated rings. The largest absolute Gasteiger partial charge is 0.493 e. The van der Waals surface area contributed by atoms with Gasteiger partial charge in [-0.1, -0.05) is 73.0 Å². The maximum absolute atomic E-state index is 14.7. The van der Waals surface area contributed by atoms with E-state index < -0.39 is 34.3 Å². The van der Waals surface area contributed by atoms with Crippen LogP contribution in [0.3, 0.4) is 0 Å². The molecule has 0 spiro atoms. The molecule has 1 aliphatic carbocycles. The zero-order valence-corrected chi connectivity index (χ0v) is 28.9. The predicted octanol–water partition coefficient (Wildman–Crippen LogP) is 6.39. The van der Waals surface area contributed by atoms with Crippen LogP contribution in [0.1, 0.15) is 36.8 Å². The van der Waals surface area contributed by atoms with Gasteiger partial charge in [0.2, 0.25) is 11.8 Å². The monoisotopic (exact) mass is 707 g/mol. The third-order valence-electron chi connectivity index (χ3n) is 8.61. The van der Waals surface area contributed by atoms with Gasteiger partial charge in [-0.15, -0.1) is 0 Å². The summed E-state index contributed by atoms with van der Waals surface area (Å²) in [6, 6.07) is 24.2. The van der Waals surface area contributed by atoms with Crippen LogP contribution < -0.4 is 19.1 Å². The van der Waals surface area contributed by atoms with Crippen molar-refractivity contribution in [3.8, 4) is 11.5 Å². The number of hydrogen-bond donors (Lipinski definition) is 1. The molecule has 258 valence electrons. The van der Waals surface area contributed by atoms with Crippen molar-refractivity contribution in [1.29, 1.82) is 0 Å². The van der Waals surface area contributed by atoms with E-state index >= 15 is 0 Å². The van der Waals surface area contributed by atoms with Crippen LogP contribution in [0.15, 0.2) is 102 Å². The molecule has 1 N–H and O–H groups in total. The fourth-order valence-corrected chi connectivity index (χ4v) is 7.60. The zero-order valence-electron chi connectivity index (χ0n) is 27.4. The summed E-state index contributed by atoms with van der Waals surface area (Å²) in [5.41, 5.74) is 1.46. The van der Waals surface area contributed by atoms with E-state index in [2.05, 4.69) is 5.32 Å². The highest BCUT2D eigenvalue weighted by atomic mass is 35.5. The standard InChI is InChI=1S/C37H39ClFN3O6S/c1-47-34-21-20-31(23-35(34)48-2)49(45,46)42(30-18-16-28(39)17-19-30)25-36(43)41(24-27-12-6-9-15-32(27)38)33(22-26-10-4-3-5-11-26)37(44)40-29-13-7-8-14-29/h3-6,9-12,15-21,23,29,33H,7-8,13-14,22,24-25H2,1-2H3,(H,40,44)/t33-/m1/s1. The summed E-state index contributed by atoms with van der Waals surface area (Å²) in [6.45, 7) is -0.767. The van der Waals surface area contributed by atoms with Crippen molar-refractivity contribution >= 4 is 39.1 Å². The van der Waals surface area contributed by atoms with Crippen molar-refractivity contribution in [2.75, 3.05) is 25.1 Å². The number of carbonyl (C=O) groups excluding carboxylic acids is 2. The second-order valence-electron chi connectivity index (χ2n) is 11.8. The van der Waals surface area contributed by atoms with Crippen LogP contribution in [0.5, 0.6) is 11.5 Å². The summed E-state index contributed by atoms with van der Waals surface area (Å²) in [6.07, 6.45) is 3.84. The Morgan fingerprint density at radius 2 is 1.55 bits per heavy atom. The van der Waals surface area contributed by atoms with Gasteiger partial charge in [-0.05, 0) is 66.4 Å². The minimum Gasteiger partial charge on any atom is -0.493 e. The number of methoxy groups -OCH3 is 2. The smallest absolute Gasteiger partial charge is 0.264 e. The summed E-state index contributed by atoms with van der Waals surface area (Å²) in [5, 5.41) is 3.53. The molecule has 1 saturated carbocycles. The van der Waals surface area contributed by atoms with Gasteiger partial charge in [-0.2, -0.15) is 0 Å². The molecular formula is C37H39ClFN3O6S. The van der Waals surface area contributed by atoms with Gasteiger partial charge >= 0.3 is 0 Å². The highest BCUT2D eigenvalue weighted by Crippen LogP contribution is 2.33. The number of nitrogens with zero attached hydrogens (tertiary/aromatic N) is 2. The number of halogens is 2. The van der Waals surface area contributed by atoms with Gasteiger partial charge in [0.15, 0.2) is 11.5 Å². The van der Waals surface area contributed by atoms with Crippen LogP contribution in [0.2, 0.25) is 5.02 Å². The lowest BCUT2D eigenvalue weighted by atomic mass is 10.0. The summed E-state index contributed by atoms with van der Waals surface area (Å²) >= 11 is 6.57. The maximum atomic E-state index is 14.7. The lowest BCUT2D eigenvalue weighted by molar-refractivity contribution is -0.140. The van der Waals surface area contributed by atoms with E-state index in [9.17, 15) is 22.4 Å². The Labute approximate surface area is 291 Å². The number of carbonyl (C=O) groups is 2. The Balaban J connectivity index is 1.59. The van der Waals surface area contributed by atoms with E-state index in [1.54, 1.807) is 24.3 Å². The van der Waals surface area contributed by atoms with Gasteiger partial charge in [0.05, 0.1) is 24.8 Å². The molecule has 0 aliphatic heterocycles. The topological polar surface area (TPSA) is 105 Å². The molecule has 0 saturated heterocycles. The first kappa shape index (κ1) is 35.7. The predicted molar refractivity (Wildman–Crippen MR) is 187 cm³/mol. The SMILES string of the molecule is COc1ccc(S(=O)(=O)N(CC(=O)N(Cc2ccccc2Cl)[C@H](Cc2ccccc2)C(=O)NC2CCCC2)c2ccc(F)cc2)cc1OC. The Kier molecular flexibility index (Phi) is 11.8. The Bertz CT molecular complexity index is 1850. The number of hydrogen-bond acceptors (Lipinski definition) is 6. The number of nitrogens with one attached hydrogen (secondary N) is 1. The lowest BCUT2D eigenvalue weighted by Gasteiger charge is -2.34. The van der Waals surface area contributed by atoms with Crippen LogP contribution in [-0.2, 0) is 32.6 Å². The van der Waals surface area contributed by atoms with Crippen LogP contribution >= 0.6 is 11.6 Å². The molecule has 0 unspecified atom stereocenters. The van der Waals surface area contributed by atoms with Crippen molar-refractivity contribution in [3.05, 3.63) is 119 Å². The molecule has 0 aromatic heterocycles. The van der Waals surface area contributed by atoms with E-state index in [0.29, 0.717) is 16.3 Å². The molecule has 2 amide bonds. The minimum atomic E-state index is -4.46. The molecule has 4 aromatic carbocycles. The quantitative estimate of drug-likeness (QED) is 0.163. The van der Waals surface area contributed by atoms with Crippen LogP contribution in [0.25, 0.3) is 0 Å². The molecule has 0 heterocycles. The van der Waals surface area contributed by atoms with Gasteiger partial charge in [0, 0.05) is 30.1 Å². The maximum Gasteiger partial charge on any atom is 0.264 e. The number of amides is 2. The molecule has 1 aliphatic rings. The number of sulfonamides is 1. The van der Waals surface area contributed by atoms with Crippen molar-refractivity contribution < 1.29 is 31.9 Å². The lowest BCUT2D eigenvalue weighted by Crippen LogP contribution is -2.54. The van der Waals surface area contributed by atoms with E-state index in [1.165, 1.54) is 49.5 Å². The number of ether oxygens (including phenoxy) is 2. The third kappa shape index (κ3) is 8.71. The molecule has 49 heavy (non-hydrogen) atoms. The average Bonchev–Trinajstić information content (AvgIpc) is 3.63. The van der Waals surface area contributed by atoms with E-state index in [4.69, 9.17) is 21.1 Å².